The first-order valence-corrected chi connectivity index (χ1v) is 15.7. The summed E-state index contributed by atoms with van der Waals surface area (Å²) < 4.78 is 5.47. The third-order valence-electron chi connectivity index (χ3n) is 7.93. The van der Waals surface area contributed by atoms with Gasteiger partial charge in [-0.05, 0) is 104 Å². The lowest BCUT2D eigenvalue weighted by Gasteiger charge is -2.24. The fourth-order valence-electron chi connectivity index (χ4n) is 5.54. The Morgan fingerprint density at radius 1 is 0.952 bits per heavy atom. The topological polar surface area (TPSA) is 87.1 Å². The largest absolute Gasteiger partial charge is 0.508 e. The molecular formula is C36H53NO5. The van der Waals surface area contributed by atoms with Gasteiger partial charge in [0.1, 0.15) is 11.5 Å². The minimum absolute atomic E-state index is 0.134. The fourth-order valence-corrected chi connectivity index (χ4v) is 5.54. The number of amides is 1. The number of hydrogen-bond acceptors (Lipinski definition) is 4. The summed E-state index contributed by atoms with van der Waals surface area (Å²) in [5, 5.41) is 19.5. The molecule has 0 aliphatic rings. The second kappa shape index (κ2) is 18.3. The van der Waals surface area contributed by atoms with Crippen LogP contribution >= 0.6 is 0 Å². The normalized spacial score (nSPS) is 12.2. The summed E-state index contributed by atoms with van der Waals surface area (Å²) in [5.41, 5.74) is 5.47. The minimum atomic E-state index is -0.995. The van der Waals surface area contributed by atoms with Crippen molar-refractivity contribution in [2.24, 2.45) is 0 Å². The van der Waals surface area contributed by atoms with Crippen molar-refractivity contribution < 1.29 is 24.5 Å². The Labute approximate surface area is 253 Å². The Bertz CT molecular complexity index is 1150. The first-order chi connectivity index (χ1) is 20.0. The number of carboxylic acid groups (broad SMARTS) is 1. The number of aryl methyl sites for hydroxylation is 2. The van der Waals surface area contributed by atoms with Gasteiger partial charge in [-0.3, -0.25) is 4.79 Å². The monoisotopic (exact) mass is 579 g/mol. The fraction of sp³-hybridized carbons (Fsp3) is 0.556. The van der Waals surface area contributed by atoms with Gasteiger partial charge in [0.05, 0.1) is 0 Å². The van der Waals surface area contributed by atoms with Gasteiger partial charge < -0.3 is 19.8 Å². The van der Waals surface area contributed by atoms with Crippen molar-refractivity contribution in [1.82, 2.24) is 4.90 Å². The van der Waals surface area contributed by atoms with E-state index in [0.29, 0.717) is 17.9 Å². The average molecular weight is 580 g/mol. The molecule has 1 amide bonds. The number of carbonyl (C=O) groups is 2. The highest BCUT2D eigenvalue weighted by atomic mass is 16.5. The third-order valence-corrected chi connectivity index (χ3v) is 7.93. The van der Waals surface area contributed by atoms with Crippen molar-refractivity contribution in [1.29, 1.82) is 0 Å². The minimum Gasteiger partial charge on any atom is -0.508 e. The molecule has 6 heteroatoms. The molecular weight excluding hydrogens is 526 g/mol. The predicted octanol–water partition coefficient (Wildman–Crippen LogP) is 8.66. The van der Waals surface area contributed by atoms with Crippen molar-refractivity contribution >= 4 is 11.9 Å². The molecule has 232 valence electrons. The maximum atomic E-state index is 12.2. The lowest BCUT2D eigenvalue weighted by molar-refractivity contribution is -0.139. The van der Waals surface area contributed by atoms with Gasteiger partial charge in [0, 0.05) is 25.9 Å². The standard InChI is InChI=1S/C36H53NO5/c1-7-8-21-37(6)34(39)18-16-14-12-10-9-11-13-15-17-31(29-19-20-33(38)32(24-29)26(2)3)36-27(4)22-30(23-28(36)5)42-25-35(40)41/h11,13,19-20,22-24,26,31,38H,7-10,12,14-18,21,25H2,1-6H3,(H,40,41). The molecule has 42 heavy (non-hydrogen) atoms. The maximum absolute atomic E-state index is 12.2. The average Bonchev–Trinajstić information content (AvgIpc) is 2.94. The summed E-state index contributed by atoms with van der Waals surface area (Å²) in [6.45, 7) is 10.9. The SMILES string of the molecule is CCCCN(C)C(=O)CCCCCCC=CCCC(c1ccc(O)c(C(C)C)c1)c1c(C)cc(OCC(=O)O)cc1C. The Morgan fingerprint density at radius 2 is 1.62 bits per heavy atom. The van der Waals surface area contributed by atoms with Gasteiger partial charge in [-0.25, -0.2) is 4.79 Å². The van der Waals surface area contributed by atoms with Gasteiger partial charge in [-0.1, -0.05) is 64.3 Å². The molecule has 0 saturated heterocycles. The van der Waals surface area contributed by atoms with E-state index in [1.807, 2.05) is 30.1 Å². The lowest BCUT2D eigenvalue weighted by atomic mass is 9.81. The van der Waals surface area contributed by atoms with Crippen LogP contribution in [0, 0.1) is 13.8 Å². The molecule has 0 heterocycles. The lowest BCUT2D eigenvalue weighted by Crippen LogP contribution is -2.27. The molecule has 2 rings (SSSR count). The Kier molecular flexibility index (Phi) is 15.2. The molecule has 1 atom stereocenters. The van der Waals surface area contributed by atoms with E-state index in [0.717, 1.165) is 81.0 Å². The van der Waals surface area contributed by atoms with Crippen molar-refractivity contribution in [3.63, 3.8) is 0 Å². The van der Waals surface area contributed by atoms with Crippen LogP contribution in [-0.4, -0.2) is 47.2 Å². The van der Waals surface area contributed by atoms with Gasteiger partial charge in [0.25, 0.3) is 0 Å². The van der Waals surface area contributed by atoms with Gasteiger partial charge >= 0.3 is 5.97 Å². The summed E-state index contributed by atoms with van der Waals surface area (Å²) in [4.78, 5) is 25.0. The van der Waals surface area contributed by atoms with E-state index in [4.69, 9.17) is 9.84 Å². The summed E-state index contributed by atoms with van der Waals surface area (Å²) in [5.74, 6) is 0.501. The maximum Gasteiger partial charge on any atom is 0.341 e. The zero-order valence-corrected chi connectivity index (χ0v) is 26.7. The van der Waals surface area contributed by atoms with Crippen LogP contribution in [0.1, 0.15) is 125 Å². The summed E-state index contributed by atoms with van der Waals surface area (Å²) in [6.07, 6.45) is 14.6. The number of aliphatic carboxylic acids is 1. The second-order valence-electron chi connectivity index (χ2n) is 11.8. The Balaban J connectivity index is 2.00. The number of rotatable bonds is 19. The number of nitrogens with zero attached hydrogens (tertiary/aromatic N) is 1. The molecule has 0 aliphatic carbocycles. The summed E-state index contributed by atoms with van der Waals surface area (Å²) >= 11 is 0. The van der Waals surface area contributed by atoms with Crippen molar-refractivity contribution in [2.75, 3.05) is 20.2 Å². The van der Waals surface area contributed by atoms with E-state index in [9.17, 15) is 14.7 Å². The van der Waals surface area contributed by atoms with E-state index >= 15 is 0 Å². The van der Waals surface area contributed by atoms with Crippen LogP contribution < -0.4 is 4.74 Å². The Hall–Kier alpha value is -3.28. The molecule has 2 aromatic rings. The highest BCUT2D eigenvalue weighted by Crippen LogP contribution is 2.38. The number of unbranched alkanes of at least 4 members (excludes halogenated alkanes) is 5. The van der Waals surface area contributed by atoms with E-state index in [2.05, 4.69) is 52.8 Å². The van der Waals surface area contributed by atoms with Crippen LogP contribution in [-0.2, 0) is 9.59 Å². The number of carbonyl (C=O) groups excluding carboxylic acids is 1. The molecule has 6 nitrogen and oxygen atoms in total. The van der Waals surface area contributed by atoms with Crippen molar-refractivity contribution in [3.8, 4) is 11.5 Å². The number of phenolic OH excluding ortho intramolecular Hbond substituents is 1. The second-order valence-corrected chi connectivity index (χ2v) is 11.8. The van der Waals surface area contributed by atoms with Crippen LogP contribution in [0.15, 0.2) is 42.5 Å². The van der Waals surface area contributed by atoms with Crippen LogP contribution in [0.3, 0.4) is 0 Å². The third kappa shape index (κ3) is 11.5. The highest BCUT2D eigenvalue weighted by molar-refractivity contribution is 5.75. The molecule has 2 aromatic carbocycles. The summed E-state index contributed by atoms with van der Waals surface area (Å²) in [6, 6.07) is 9.81. The molecule has 0 aliphatic heterocycles. The molecule has 1 unspecified atom stereocenters. The number of ether oxygens (including phenoxy) is 1. The molecule has 0 bridgehead atoms. The van der Waals surface area contributed by atoms with Gasteiger partial charge in [-0.2, -0.15) is 0 Å². The van der Waals surface area contributed by atoms with Crippen LogP contribution in [0.4, 0.5) is 0 Å². The van der Waals surface area contributed by atoms with E-state index in [-0.39, 0.29) is 24.3 Å². The van der Waals surface area contributed by atoms with E-state index < -0.39 is 5.97 Å². The smallest absolute Gasteiger partial charge is 0.341 e. The number of hydrogen-bond donors (Lipinski definition) is 2. The molecule has 0 fully saturated rings. The van der Waals surface area contributed by atoms with Gasteiger partial charge in [0.15, 0.2) is 6.61 Å². The molecule has 0 saturated carbocycles. The van der Waals surface area contributed by atoms with E-state index in [1.165, 1.54) is 11.1 Å². The zero-order valence-electron chi connectivity index (χ0n) is 26.7. The predicted molar refractivity (Wildman–Crippen MR) is 172 cm³/mol. The van der Waals surface area contributed by atoms with Gasteiger partial charge in [-0.15, -0.1) is 0 Å². The number of phenols is 1. The molecule has 0 radical (unpaired) electrons. The van der Waals surface area contributed by atoms with Gasteiger partial charge in [0.2, 0.25) is 5.91 Å². The number of allylic oxidation sites excluding steroid dienone is 2. The zero-order chi connectivity index (χ0) is 31.1. The van der Waals surface area contributed by atoms with Crippen molar-refractivity contribution in [3.05, 3.63) is 70.3 Å². The first kappa shape index (κ1) is 34.9. The van der Waals surface area contributed by atoms with Crippen LogP contribution in [0.5, 0.6) is 11.5 Å². The highest BCUT2D eigenvalue weighted by Gasteiger charge is 2.21. The number of carboxylic acids is 1. The van der Waals surface area contributed by atoms with Crippen LogP contribution in [0.25, 0.3) is 0 Å². The molecule has 2 N–H and O–H groups in total. The van der Waals surface area contributed by atoms with Crippen molar-refractivity contribution in [2.45, 2.75) is 111 Å². The first-order valence-electron chi connectivity index (χ1n) is 15.7. The van der Waals surface area contributed by atoms with Crippen LogP contribution in [0.2, 0.25) is 0 Å². The summed E-state index contributed by atoms with van der Waals surface area (Å²) in [7, 11) is 1.91. The quantitative estimate of drug-likeness (QED) is 0.128. The van der Waals surface area contributed by atoms with E-state index in [1.54, 1.807) is 6.07 Å². The number of benzene rings is 2. The molecule has 0 aromatic heterocycles. The Morgan fingerprint density at radius 3 is 2.26 bits per heavy atom. The molecule has 0 spiro atoms. The number of aromatic hydroxyl groups is 1.